The summed E-state index contributed by atoms with van der Waals surface area (Å²) in [4.78, 5) is 16.0. The lowest BCUT2D eigenvalue weighted by atomic mass is 10.2. The van der Waals surface area contributed by atoms with E-state index < -0.39 is 0 Å². The third kappa shape index (κ3) is 3.63. The molecular formula is C13H19N3OS. The fraction of sp³-hybridized carbons (Fsp3) is 0.538. The van der Waals surface area contributed by atoms with Gasteiger partial charge in [-0.2, -0.15) is 11.8 Å². The van der Waals surface area contributed by atoms with Gasteiger partial charge in [0.05, 0.1) is 0 Å². The molecular weight excluding hydrogens is 246 g/mol. The highest BCUT2D eigenvalue weighted by Gasteiger charge is 2.15. The predicted molar refractivity (Wildman–Crippen MR) is 76.2 cm³/mol. The molecule has 4 nitrogen and oxygen atoms in total. The SMILES string of the molecule is CNc1ccnc(C(=O)NCC2CCCCS2)c1. The summed E-state index contributed by atoms with van der Waals surface area (Å²) in [7, 11) is 1.83. The number of pyridine rings is 1. The molecule has 0 radical (unpaired) electrons. The Kier molecular flexibility index (Phi) is 4.87. The first-order valence-corrected chi connectivity index (χ1v) is 7.38. The van der Waals surface area contributed by atoms with Gasteiger partial charge in [-0.3, -0.25) is 9.78 Å². The van der Waals surface area contributed by atoms with Gasteiger partial charge in [0.25, 0.3) is 5.91 Å². The van der Waals surface area contributed by atoms with E-state index in [0.29, 0.717) is 10.9 Å². The number of nitrogens with one attached hydrogen (secondary N) is 2. The number of amides is 1. The van der Waals surface area contributed by atoms with Gasteiger partial charge in [-0.05, 0) is 30.7 Å². The van der Waals surface area contributed by atoms with Gasteiger partial charge in [-0.1, -0.05) is 6.42 Å². The number of thioether (sulfide) groups is 1. The van der Waals surface area contributed by atoms with E-state index in [9.17, 15) is 4.79 Å². The molecule has 1 amide bonds. The standard InChI is InChI=1S/C13H19N3OS/c1-14-10-5-6-15-12(8-10)13(17)16-9-11-4-2-3-7-18-11/h5-6,8,11H,2-4,7,9H2,1H3,(H,14,15)(H,16,17). The van der Waals surface area contributed by atoms with Crippen LogP contribution in [-0.2, 0) is 0 Å². The van der Waals surface area contributed by atoms with Crippen molar-refractivity contribution in [3.63, 3.8) is 0 Å². The van der Waals surface area contributed by atoms with Crippen LogP contribution in [0.3, 0.4) is 0 Å². The fourth-order valence-electron chi connectivity index (χ4n) is 1.98. The van der Waals surface area contributed by atoms with Crippen LogP contribution >= 0.6 is 11.8 Å². The van der Waals surface area contributed by atoms with Gasteiger partial charge < -0.3 is 10.6 Å². The summed E-state index contributed by atoms with van der Waals surface area (Å²) >= 11 is 1.96. The Morgan fingerprint density at radius 3 is 3.17 bits per heavy atom. The van der Waals surface area contributed by atoms with E-state index in [2.05, 4.69) is 15.6 Å². The molecule has 2 N–H and O–H groups in total. The Bertz CT molecular complexity index is 405. The highest BCUT2D eigenvalue weighted by Crippen LogP contribution is 2.24. The number of hydrogen-bond donors (Lipinski definition) is 2. The first-order chi connectivity index (χ1) is 8.79. The third-order valence-electron chi connectivity index (χ3n) is 3.05. The van der Waals surface area contributed by atoms with Crippen molar-refractivity contribution < 1.29 is 4.79 Å². The highest BCUT2D eigenvalue weighted by molar-refractivity contribution is 7.99. The van der Waals surface area contributed by atoms with E-state index in [4.69, 9.17) is 0 Å². The minimum Gasteiger partial charge on any atom is -0.388 e. The maximum atomic E-state index is 11.9. The molecule has 1 aliphatic rings. The van der Waals surface area contributed by atoms with Crippen LogP contribution in [0, 0.1) is 0 Å². The average Bonchev–Trinajstić information content (AvgIpc) is 2.46. The van der Waals surface area contributed by atoms with Gasteiger partial charge in [-0.15, -0.1) is 0 Å². The van der Waals surface area contributed by atoms with Crippen LogP contribution in [0.1, 0.15) is 29.8 Å². The molecule has 5 heteroatoms. The van der Waals surface area contributed by atoms with E-state index in [1.165, 1.54) is 25.0 Å². The molecule has 98 valence electrons. The average molecular weight is 265 g/mol. The van der Waals surface area contributed by atoms with Crippen LogP contribution in [0.2, 0.25) is 0 Å². The second kappa shape index (κ2) is 6.64. The van der Waals surface area contributed by atoms with Crippen molar-refractivity contribution in [3.05, 3.63) is 24.0 Å². The lowest BCUT2D eigenvalue weighted by Gasteiger charge is -2.21. The van der Waals surface area contributed by atoms with E-state index in [0.717, 1.165) is 12.2 Å². The van der Waals surface area contributed by atoms with Crippen molar-refractivity contribution in [2.45, 2.75) is 24.5 Å². The molecule has 1 aromatic rings. The van der Waals surface area contributed by atoms with Crippen LogP contribution in [0.25, 0.3) is 0 Å². The molecule has 0 saturated carbocycles. The summed E-state index contributed by atoms with van der Waals surface area (Å²) in [5.74, 6) is 1.13. The van der Waals surface area contributed by atoms with Crippen molar-refractivity contribution >= 4 is 23.4 Å². The van der Waals surface area contributed by atoms with Crippen molar-refractivity contribution in [3.8, 4) is 0 Å². The van der Waals surface area contributed by atoms with E-state index in [1.807, 2.05) is 24.9 Å². The van der Waals surface area contributed by atoms with E-state index in [1.54, 1.807) is 12.3 Å². The summed E-state index contributed by atoms with van der Waals surface area (Å²) < 4.78 is 0. The van der Waals surface area contributed by atoms with Crippen molar-refractivity contribution in [2.75, 3.05) is 24.7 Å². The molecule has 1 unspecified atom stereocenters. The van der Waals surface area contributed by atoms with E-state index in [-0.39, 0.29) is 5.91 Å². The number of carbonyl (C=O) groups excluding carboxylic acids is 1. The van der Waals surface area contributed by atoms with Gasteiger partial charge in [-0.25, -0.2) is 0 Å². The second-order valence-corrected chi connectivity index (χ2v) is 5.79. The van der Waals surface area contributed by atoms with E-state index >= 15 is 0 Å². The summed E-state index contributed by atoms with van der Waals surface area (Å²) in [5.41, 5.74) is 1.38. The Labute approximate surface area is 112 Å². The van der Waals surface area contributed by atoms with Crippen LogP contribution in [-0.4, -0.2) is 35.5 Å². The number of nitrogens with zero attached hydrogens (tertiary/aromatic N) is 1. The fourth-order valence-corrected chi connectivity index (χ4v) is 3.21. The molecule has 0 spiro atoms. The minimum atomic E-state index is -0.0849. The molecule has 1 fully saturated rings. The first kappa shape index (κ1) is 13.2. The monoisotopic (exact) mass is 265 g/mol. The van der Waals surface area contributed by atoms with Crippen LogP contribution in [0.4, 0.5) is 5.69 Å². The van der Waals surface area contributed by atoms with Gasteiger partial charge in [0.1, 0.15) is 5.69 Å². The zero-order valence-electron chi connectivity index (χ0n) is 10.6. The molecule has 2 heterocycles. The molecule has 1 aliphatic heterocycles. The highest BCUT2D eigenvalue weighted by atomic mass is 32.2. The summed E-state index contributed by atoms with van der Waals surface area (Å²) in [5, 5.41) is 6.54. The molecule has 1 atom stereocenters. The van der Waals surface area contributed by atoms with Crippen LogP contribution < -0.4 is 10.6 Å². The predicted octanol–water partition coefficient (Wildman–Crippen LogP) is 2.14. The second-order valence-electron chi connectivity index (χ2n) is 4.38. The van der Waals surface area contributed by atoms with Crippen molar-refractivity contribution in [1.82, 2.24) is 10.3 Å². The topological polar surface area (TPSA) is 54.0 Å². The van der Waals surface area contributed by atoms with Crippen LogP contribution in [0.15, 0.2) is 18.3 Å². The minimum absolute atomic E-state index is 0.0849. The van der Waals surface area contributed by atoms with Crippen molar-refractivity contribution in [1.29, 1.82) is 0 Å². The molecule has 0 aliphatic carbocycles. The summed E-state index contributed by atoms with van der Waals surface area (Å²) in [6.07, 6.45) is 5.44. The molecule has 1 saturated heterocycles. The Hall–Kier alpha value is -1.23. The Balaban J connectivity index is 1.86. The maximum absolute atomic E-state index is 11.9. The van der Waals surface area contributed by atoms with Gasteiger partial charge in [0, 0.05) is 30.7 Å². The lowest BCUT2D eigenvalue weighted by molar-refractivity contribution is 0.0948. The number of aromatic nitrogens is 1. The molecule has 2 rings (SSSR count). The number of hydrogen-bond acceptors (Lipinski definition) is 4. The zero-order valence-corrected chi connectivity index (χ0v) is 11.4. The Morgan fingerprint density at radius 2 is 2.44 bits per heavy atom. The molecule has 1 aromatic heterocycles. The van der Waals surface area contributed by atoms with Gasteiger partial charge >= 0.3 is 0 Å². The molecule has 18 heavy (non-hydrogen) atoms. The number of rotatable bonds is 4. The Morgan fingerprint density at radius 1 is 1.56 bits per heavy atom. The third-order valence-corrected chi connectivity index (χ3v) is 4.44. The van der Waals surface area contributed by atoms with Gasteiger partial charge in [0.2, 0.25) is 0 Å². The van der Waals surface area contributed by atoms with Gasteiger partial charge in [0.15, 0.2) is 0 Å². The first-order valence-electron chi connectivity index (χ1n) is 6.33. The largest absolute Gasteiger partial charge is 0.388 e. The molecule has 0 aromatic carbocycles. The van der Waals surface area contributed by atoms with Crippen LogP contribution in [0.5, 0.6) is 0 Å². The normalized spacial score (nSPS) is 19.3. The zero-order chi connectivity index (χ0) is 12.8. The summed E-state index contributed by atoms with van der Waals surface area (Å²) in [6.45, 7) is 0.745. The number of carbonyl (C=O) groups is 1. The number of anilines is 1. The smallest absolute Gasteiger partial charge is 0.269 e. The molecule has 0 bridgehead atoms. The van der Waals surface area contributed by atoms with Crippen molar-refractivity contribution in [2.24, 2.45) is 0 Å². The summed E-state index contributed by atoms with van der Waals surface area (Å²) in [6, 6.07) is 3.61. The lowest BCUT2D eigenvalue weighted by Crippen LogP contribution is -2.32. The quantitative estimate of drug-likeness (QED) is 0.876. The maximum Gasteiger partial charge on any atom is 0.269 e.